The normalized spacial score (nSPS) is 12.4. The number of aliphatic hydroxyl groups is 2. The first-order chi connectivity index (χ1) is 21.2. The smallest absolute Gasteiger partial charge is 0.410 e. The van der Waals surface area contributed by atoms with Crippen LogP contribution in [0.15, 0.2) is 67.0 Å². The van der Waals surface area contributed by atoms with Crippen molar-refractivity contribution in [3.8, 4) is 16.9 Å². The highest BCUT2D eigenvalue weighted by Gasteiger charge is 2.25. The zero-order valence-electron chi connectivity index (χ0n) is 26.4. The molecule has 0 bridgehead atoms. The van der Waals surface area contributed by atoms with Gasteiger partial charge in [-0.25, -0.2) is 17.9 Å². The van der Waals surface area contributed by atoms with E-state index in [0.717, 1.165) is 16.7 Å². The quantitative estimate of drug-likeness (QED) is 0.231. The van der Waals surface area contributed by atoms with Crippen LogP contribution in [0, 0.1) is 0 Å². The topological polar surface area (TPSA) is 155 Å². The SMILES string of the molecule is CC(C)Oc1cc(-c2ccc(CCN(C[C@H](O)c3cccnc3)C(=O)OC(C)(C)C)cc2)ccc1C(=O)NS(=O)(=O)CCCO. The summed E-state index contributed by atoms with van der Waals surface area (Å²) in [5, 5.41) is 19.7. The number of hydrogen-bond acceptors (Lipinski definition) is 9. The first-order valence-electron chi connectivity index (χ1n) is 14.8. The minimum absolute atomic E-state index is 0.0132. The van der Waals surface area contributed by atoms with Crippen molar-refractivity contribution in [3.05, 3.63) is 83.7 Å². The van der Waals surface area contributed by atoms with E-state index in [0.29, 0.717) is 18.5 Å². The summed E-state index contributed by atoms with van der Waals surface area (Å²) in [6.07, 6.45) is 1.97. The Balaban J connectivity index is 1.76. The highest BCUT2D eigenvalue weighted by molar-refractivity contribution is 7.90. The Labute approximate surface area is 265 Å². The minimum Gasteiger partial charge on any atom is -0.490 e. The molecule has 1 heterocycles. The van der Waals surface area contributed by atoms with Gasteiger partial charge in [-0.3, -0.25) is 9.78 Å². The first kappa shape index (κ1) is 35.5. The molecule has 3 aromatic rings. The molecule has 0 saturated heterocycles. The Morgan fingerprint density at radius 1 is 1.04 bits per heavy atom. The van der Waals surface area contributed by atoms with E-state index in [9.17, 15) is 23.1 Å². The van der Waals surface area contributed by atoms with E-state index in [1.165, 1.54) is 11.0 Å². The summed E-state index contributed by atoms with van der Waals surface area (Å²) in [7, 11) is -3.91. The van der Waals surface area contributed by atoms with Gasteiger partial charge in [-0.05, 0) is 82.3 Å². The van der Waals surface area contributed by atoms with Gasteiger partial charge in [0.25, 0.3) is 5.91 Å². The molecule has 3 N–H and O–H groups in total. The molecule has 1 atom stereocenters. The maximum atomic E-state index is 13.0. The second kappa shape index (κ2) is 15.8. The third-order valence-corrected chi connectivity index (χ3v) is 7.80. The van der Waals surface area contributed by atoms with E-state index < -0.39 is 33.7 Å². The average molecular weight is 642 g/mol. The third kappa shape index (κ3) is 11.5. The molecular formula is C33H43N3O8S. The van der Waals surface area contributed by atoms with Crippen LogP contribution in [0.1, 0.15) is 68.6 Å². The predicted octanol–water partition coefficient (Wildman–Crippen LogP) is 4.49. The van der Waals surface area contributed by atoms with E-state index in [2.05, 4.69) is 4.98 Å². The van der Waals surface area contributed by atoms with Gasteiger partial charge in [0, 0.05) is 31.1 Å². The number of ether oxygens (including phenoxy) is 2. The Morgan fingerprint density at radius 2 is 1.73 bits per heavy atom. The van der Waals surface area contributed by atoms with Gasteiger partial charge in [0.05, 0.1) is 30.1 Å². The van der Waals surface area contributed by atoms with Gasteiger partial charge in [0.2, 0.25) is 10.0 Å². The lowest BCUT2D eigenvalue weighted by Crippen LogP contribution is -2.40. The molecule has 1 aromatic heterocycles. The first-order valence-corrected chi connectivity index (χ1v) is 16.4. The number of amides is 2. The number of hydrogen-bond donors (Lipinski definition) is 3. The predicted molar refractivity (Wildman–Crippen MR) is 171 cm³/mol. The van der Waals surface area contributed by atoms with E-state index in [1.807, 2.05) is 29.0 Å². The number of sulfonamides is 1. The van der Waals surface area contributed by atoms with Gasteiger partial charge in [-0.1, -0.05) is 36.4 Å². The van der Waals surface area contributed by atoms with Crippen molar-refractivity contribution in [1.29, 1.82) is 0 Å². The van der Waals surface area contributed by atoms with E-state index in [1.54, 1.807) is 71.3 Å². The summed E-state index contributed by atoms with van der Waals surface area (Å²) in [5.74, 6) is -0.948. The zero-order valence-corrected chi connectivity index (χ0v) is 27.2. The van der Waals surface area contributed by atoms with Crippen LogP contribution in [0.25, 0.3) is 11.1 Å². The van der Waals surface area contributed by atoms with Crippen LogP contribution >= 0.6 is 0 Å². The molecule has 244 valence electrons. The molecule has 0 aliphatic rings. The van der Waals surface area contributed by atoms with Crippen molar-refractivity contribution in [2.24, 2.45) is 0 Å². The number of benzene rings is 2. The fourth-order valence-electron chi connectivity index (χ4n) is 4.34. The summed E-state index contributed by atoms with van der Waals surface area (Å²) in [5.41, 5.74) is 2.53. The van der Waals surface area contributed by atoms with Crippen molar-refractivity contribution in [2.75, 3.05) is 25.4 Å². The molecule has 0 aliphatic carbocycles. The number of aliphatic hydroxyl groups excluding tert-OH is 2. The molecule has 0 spiro atoms. The molecule has 3 rings (SSSR count). The number of pyridine rings is 1. The zero-order chi connectivity index (χ0) is 33.2. The van der Waals surface area contributed by atoms with Crippen molar-refractivity contribution >= 4 is 22.0 Å². The molecule has 2 aromatic carbocycles. The van der Waals surface area contributed by atoms with Gasteiger partial charge >= 0.3 is 6.09 Å². The Kier molecular flexibility index (Phi) is 12.5. The van der Waals surface area contributed by atoms with Gasteiger partial charge in [0.1, 0.15) is 11.4 Å². The monoisotopic (exact) mass is 641 g/mol. The summed E-state index contributed by atoms with van der Waals surface area (Å²) in [6.45, 7) is 9.02. The second-order valence-corrected chi connectivity index (χ2v) is 13.7. The number of carbonyl (C=O) groups is 2. The maximum absolute atomic E-state index is 13.0. The summed E-state index contributed by atoms with van der Waals surface area (Å²) in [6, 6.07) is 16.1. The van der Waals surface area contributed by atoms with Crippen LogP contribution in [-0.4, -0.2) is 77.7 Å². The molecule has 0 aliphatic heterocycles. The summed E-state index contributed by atoms with van der Waals surface area (Å²) < 4.78 is 37.9. The Bertz CT molecular complexity index is 1520. The molecule has 45 heavy (non-hydrogen) atoms. The lowest BCUT2D eigenvalue weighted by molar-refractivity contribution is 0.0146. The van der Waals surface area contributed by atoms with Gasteiger partial charge in [-0.15, -0.1) is 0 Å². The molecule has 0 saturated carbocycles. The number of nitrogens with zero attached hydrogens (tertiary/aromatic N) is 2. The summed E-state index contributed by atoms with van der Waals surface area (Å²) >= 11 is 0. The Morgan fingerprint density at radius 3 is 2.33 bits per heavy atom. The minimum atomic E-state index is -3.91. The fraction of sp³-hybridized carbons (Fsp3) is 0.424. The van der Waals surface area contributed by atoms with Crippen LogP contribution in [0.3, 0.4) is 0 Å². The summed E-state index contributed by atoms with van der Waals surface area (Å²) in [4.78, 5) is 31.3. The van der Waals surface area contributed by atoms with Crippen molar-refractivity contribution in [1.82, 2.24) is 14.6 Å². The lowest BCUT2D eigenvalue weighted by Gasteiger charge is -2.29. The largest absolute Gasteiger partial charge is 0.490 e. The van der Waals surface area contributed by atoms with E-state index in [-0.39, 0.29) is 42.7 Å². The standard InChI is InChI=1S/C33H43N3O8S/c1-23(2)43-30-20-26(13-14-28(30)31(39)35-45(41,42)19-7-18-37)25-11-9-24(10-12-25)15-17-36(32(40)44-33(3,4)5)22-29(38)27-8-6-16-34-21-27/h6,8-14,16,20-21,23,29,37-38H,7,15,17-19,22H2,1-5H3,(H,35,39)/t29-/m0/s1. The second-order valence-electron chi connectivity index (χ2n) is 11.9. The van der Waals surface area contributed by atoms with E-state index >= 15 is 0 Å². The maximum Gasteiger partial charge on any atom is 0.410 e. The number of rotatable bonds is 14. The highest BCUT2D eigenvalue weighted by atomic mass is 32.2. The molecule has 12 heteroatoms. The van der Waals surface area contributed by atoms with Gasteiger partial charge in [0.15, 0.2) is 0 Å². The third-order valence-electron chi connectivity index (χ3n) is 6.48. The van der Waals surface area contributed by atoms with Crippen molar-refractivity contribution in [3.63, 3.8) is 0 Å². The van der Waals surface area contributed by atoms with E-state index in [4.69, 9.17) is 14.6 Å². The lowest BCUT2D eigenvalue weighted by atomic mass is 10.0. The molecular weight excluding hydrogens is 598 g/mol. The molecule has 11 nitrogen and oxygen atoms in total. The average Bonchev–Trinajstić information content (AvgIpc) is 2.97. The van der Waals surface area contributed by atoms with Crippen LogP contribution in [0.4, 0.5) is 4.79 Å². The molecule has 2 amide bonds. The highest BCUT2D eigenvalue weighted by Crippen LogP contribution is 2.29. The Hall–Kier alpha value is -4.00. The van der Waals surface area contributed by atoms with Crippen LogP contribution in [0.2, 0.25) is 0 Å². The van der Waals surface area contributed by atoms with Gasteiger partial charge in [-0.2, -0.15) is 0 Å². The van der Waals surface area contributed by atoms with Gasteiger partial charge < -0.3 is 24.6 Å². The number of aromatic nitrogens is 1. The van der Waals surface area contributed by atoms with Crippen LogP contribution in [-0.2, 0) is 21.2 Å². The van der Waals surface area contributed by atoms with Crippen molar-refractivity contribution in [2.45, 2.75) is 65.3 Å². The fourth-order valence-corrected chi connectivity index (χ4v) is 5.35. The molecule has 0 unspecified atom stereocenters. The number of nitrogens with one attached hydrogen (secondary N) is 1. The van der Waals surface area contributed by atoms with Crippen molar-refractivity contribution < 1.29 is 37.7 Å². The van der Waals surface area contributed by atoms with Crippen LogP contribution in [0.5, 0.6) is 5.75 Å². The van der Waals surface area contributed by atoms with Crippen LogP contribution < -0.4 is 9.46 Å². The number of carbonyl (C=O) groups excluding carboxylic acids is 2. The molecule has 0 radical (unpaired) electrons. The molecule has 0 fully saturated rings.